The maximum Gasteiger partial charge on any atom is 0.225 e. The fourth-order valence-electron chi connectivity index (χ4n) is 5.52. The number of aliphatic hydroxyl groups excluding tert-OH is 1. The molecule has 10 nitrogen and oxygen atoms in total. The second-order valence-electron chi connectivity index (χ2n) is 10.9. The number of anilines is 1. The van der Waals surface area contributed by atoms with E-state index in [0.717, 1.165) is 47.2 Å². The van der Waals surface area contributed by atoms with Crippen LogP contribution in [0.3, 0.4) is 0 Å². The van der Waals surface area contributed by atoms with E-state index in [0.29, 0.717) is 30.2 Å². The molecule has 1 aliphatic heterocycles. The minimum absolute atomic E-state index is 0.0506. The third kappa shape index (κ3) is 4.56. The number of rotatable bonds is 6. The first kappa shape index (κ1) is 25.5. The molecule has 2 aliphatic rings. The van der Waals surface area contributed by atoms with Gasteiger partial charge in [-0.1, -0.05) is 18.2 Å². The van der Waals surface area contributed by atoms with E-state index < -0.39 is 5.60 Å². The molecule has 4 aromatic heterocycles. The van der Waals surface area contributed by atoms with Crippen molar-refractivity contribution in [2.45, 2.75) is 43.9 Å². The number of benzene rings is 1. The Balaban J connectivity index is 1.09. The average molecular weight is 553 g/mol. The van der Waals surface area contributed by atoms with Gasteiger partial charge in [0.1, 0.15) is 17.7 Å². The van der Waals surface area contributed by atoms with Crippen LogP contribution >= 0.6 is 0 Å². The molecule has 0 saturated heterocycles. The fraction of sp³-hybridized carbons (Fsp3) is 0.300. The van der Waals surface area contributed by atoms with Gasteiger partial charge >= 0.3 is 0 Å². The zero-order chi connectivity index (χ0) is 28.1. The number of halogens is 1. The SMILES string of the molecule is CC(O)(c1ccc(F)cc1)c1cnc(N2CC=C(c3ncnn4cc(-c5cnn([C@H]6CC[C@@H]6O)c5)cc34)CC2)nc1. The molecule has 208 valence electrons. The lowest BCUT2D eigenvalue weighted by atomic mass is 9.89. The number of fused-ring (bicyclic) bond motifs is 1. The van der Waals surface area contributed by atoms with Crippen molar-refractivity contribution in [1.29, 1.82) is 0 Å². The van der Waals surface area contributed by atoms with Crippen molar-refractivity contribution >= 4 is 17.0 Å². The molecular formula is C30H29FN8O2. The summed E-state index contributed by atoms with van der Waals surface area (Å²) >= 11 is 0. The highest BCUT2D eigenvalue weighted by molar-refractivity contribution is 5.80. The Morgan fingerprint density at radius 1 is 0.951 bits per heavy atom. The summed E-state index contributed by atoms with van der Waals surface area (Å²) in [7, 11) is 0. The monoisotopic (exact) mass is 552 g/mol. The largest absolute Gasteiger partial charge is 0.391 e. The first-order chi connectivity index (χ1) is 19.9. The van der Waals surface area contributed by atoms with E-state index in [2.05, 4.69) is 42.2 Å². The first-order valence-electron chi connectivity index (χ1n) is 13.7. The molecule has 1 saturated carbocycles. The van der Waals surface area contributed by atoms with Gasteiger partial charge in [-0.3, -0.25) is 4.68 Å². The topological polar surface area (TPSA) is 117 Å². The molecular weight excluding hydrogens is 523 g/mol. The summed E-state index contributed by atoms with van der Waals surface area (Å²) in [6.07, 6.45) is 14.9. The Morgan fingerprint density at radius 3 is 2.44 bits per heavy atom. The van der Waals surface area contributed by atoms with Gasteiger partial charge in [0.2, 0.25) is 5.95 Å². The zero-order valence-electron chi connectivity index (χ0n) is 22.5. The zero-order valence-corrected chi connectivity index (χ0v) is 22.5. The van der Waals surface area contributed by atoms with E-state index in [4.69, 9.17) is 0 Å². The van der Waals surface area contributed by atoms with Crippen molar-refractivity contribution in [3.05, 3.63) is 96.4 Å². The highest BCUT2D eigenvalue weighted by atomic mass is 19.1. The number of nitrogens with zero attached hydrogens (tertiary/aromatic N) is 8. The van der Waals surface area contributed by atoms with Gasteiger partial charge in [-0.2, -0.15) is 10.2 Å². The van der Waals surface area contributed by atoms with Gasteiger partial charge in [-0.15, -0.1) is 0 Å². The molecule has 1 aromatic carbocycles. The maximum atomic E-state index is 13.3. The van der Waals surface area contributed by atoms with E-state index in [1.54, 1.807) is 37.8 Å². The van der Waals surface area contributed by atoms with Crippen LogP contribution in [0.5, 0.6) is 0 Å². The summed E-state index contributed by atoms with van der Waals surface area (Å²) in [6, 6.07) is 7.90. The fourth-order valence-corrected chi connectivity index (χ4v) is 5.52. The van der Waals surface area contributed by atoms with Crippen LogP contribution < -0.4 is 4.90 Å². The molecule has 5 heterocycles. The van der Waals surface area contributed by atoms with Crippen molar-refractivity contribution in [3.63, 3.8) is 0 Å². The molecule has 0 radical (unpaired) electrons. The molecule has 1 unspecified atom stereocenters. The van der Waals surface area contributed by atoms with E-state index in [1.165, 1.54) is 12.1 Å². The van der Waals surface area contributed by atoms with Gasteiger partial charge in [-0.25, -0.2) is 23.9 Å². The molecule has 5 aromatic rings. The van der Waals surface area contributed by atoms with Crippen molar-refractivity contribution in [2.75, 3.05) is 18.0 Å². The molecule has 11 heteroatoms. The molecule has 1 fully saturated rings. The lowest BCUT2D eigenvalue weighted by molar-refractivity contribution is 0.0254. The highest BCUT2D eigenvalue weighted by Crippen LogP contribution is 2.34. The third-order valence-electron chi connectivity index (χ3n) is 8.29. The summed E-state index contributed by atoms with van der Waals surface area (Å²) in [6.45, 7) is 2.97. The number of aliphatic hydroxyl groups is 2. The number of aromatic nitrogens is 7. The van der Waals surface area contributed by atoms with E-state index in [1.807, 2.05) is 27.8 Å². The lowest BCUT2D eigenvalue weighted by Crippen LogP contribution is -2.33. The van der Waals surface area contributed by atoms with Gasteiger partial charge in [0, 0.05) is 54.6 Å². The third-order valence-corrected chi connectivity index (χ3v) is 8.29. The Labute approximate surface area is 235 Å². The quantitative estimate of drug-likeness (QED) is 0.327. The van der Waals surface area contributed by atoms with Crippen LogP contribution in [0.15, 0.2) is 73.7 Å². The van der Waals surface area contributed by atoms with Crippen molar-refractivity contribution < 1.29 is 14.6 Å². The van der Waals surface area contributed by atoms with Gasteiger partial charge in [-0.05, 0) is 55.5 Å². The van der Waals surface area contributed by atoms with Gasteiger partial charge in [0.25, 0.3) is 0 Å². The summed E-state index contributed by atoms with van der Waals surface area (Å²) < 4.78 is 17.0. The second-order valence-corrected chi connectivity index (χ2v) is 10.9. The average Bonchev–Trinajstić information content (AvgIpc) is 3.64. The van der Waals surface area contributed by atoms with E-state index in [9.17, 15) is 14.6 Å². The Kier molecular flexibility index (Phi) is 6.13. The van der Waals surface area contributed by atoms with Crippen LogP contribution in [0.2, 0.25) is 0 Å². The van der Waals surface area contributed by atoms with Crippen LogP contribution in [0.25, 0.3) is 22.2 Å². The van der Waals surface area contributed by atoms with Gasteiger partial charge < -0.3 is 15.1 Å². The summed E-state index contributed by atoms with van der Waals surface area (Å²) in [5.41, 5.74) is 4.66. The molecule has 7 rings (SSSR count). The maximum absolute atomic E-state index is 13.3. The van der Waals surface area contributed by atoms with E-state index in [-0.39, 0.29) is 18.0 Å². The summed E-state index contributed by atoms with van der Waals surface area (Å²) in [5, 5.41) is 30.0. The normalized spacial score (nSPS) is 20.5. The molecule has 41 heavy (non-hydrogen) atoms. The van der Waals surface area contributed by atoms with E-state index >= 15 is 0 Å². The van der Waals surface area contributed by atoms with Crippen molar-refractivity contribution in [2.24, 2.45) is 0 Å². The predicted molar refractivity (Wildman–Crippen MR) is 150 cm³/mol. The Morgan fingerprint density at radius 2 is 1.76 bits per heavy atom. The van der Waals surface area contributed by atoms with Crippen LogP contribution in [0.1, 0.15) is 49.0 Å². The minimum atomic E-state index is -1.34. The van der Waals surface area contributed by atoms with Crippen LogP contribution in [-0.2, 0) is 5.60 Å². The minimum Gasteiger partial charge on any atom is -0.391 e. The first-order valence-corrected chi connectivity index (χ1v) is 13.7. The Bertz CT molecular complexity index is 1740. The number of hydrogen-bond donors (Lipinski definition) is 2. The Hall–Kier alpha value is -4.48. The van der Waals surface area contributed by atoms with Gasteiger partial charge in [0.05, 0.1) is 29.6 Å². The molecule has 1 aliphatic carbocycles. The van der Waals surface area contributed by atoms with Crippen molar-refractivity contribution in [3.8, 4) is 11.1 Å². The van der Waals surface area contributed by atoms with Gasteiger partial charge in [0.15, 0.2) is 0 Å². The summed E-state index contributed by atoms with van der Waals surface area (Å²) in [5.74, 6) is 0.219. The molecule has 0 amide bonds. The molecule has 0 spiro atoms. The highest BCUT2D eigenvalue weighted by Gasteiger charge is 2.31. The lowest BCUT2D eigenvalue weighted by Gasteiger charge is -2.32. The second kappa shape index (κ2) is 9.86. The summed E-state index contributed by atoms with van der Waals surface area (Å²) in [4.78, 5) is 15.7. The molecule has 0 bridgehead atoms. The van der Waals surface area contributed by atoms with Crippen LogP contribution in [0.4, 0.5) is 10.3 Å². The standard InChI is InChI=1S/C30H29FN8O2/c1-30(41,22-2-4-24(31)5-3-22)23-14-32-29(33-15-23)37-10-8-19(9-11-37)28-26-12-20(16-39(26)36-18-34-28)21-13-35-38(17-21)25-6-7-27(25)40/h2-5,8,12-18,25,27,40-41H,6-7,9-11H2,1H3/t25-,27-,30?/m0/s1. The smallest absolute Gasteiger partial charge is 0.225 e. The molecule has 2 N–H and O–H groups in total. The van der Waals surface area contributed by atoms with Crippen molar-refractivity contribution in [1.82, 2.24) is 34.3 Å². The number of hydrogen-bond acceptors (Lipinski definition) is 8. The predicted octanol–water partition coefficient (Wildman–Crippen LogP) is 3.77. The van der Waals surface area contributed by atoms with Crippen LogP contribution in [-0.4, -0.2) is 63.8 Å². The molecule has 3 atom stereocenters. The van der Waals surface area contributed by atoms with Crippen LogP contribution in [0, 0.1) is 5.82 Å².